The molecule has 2 amide bonds. The first-order chi connectivity index (χ1) is 14.7. The summed E-state index contributed by atoms with van der Waals surface area (Å²) in [6.45, 7) is -0.111. The van der Waals surface area contributed by atoms with E-state index in [2.05, 4.69) is 15.7 Å². The van der Waals surface area contributed by atoms with Gasteiger partial charge in [0.2, 0.25) is 11.8 Å². The van der Waals surface area contributed by atoms with Crippen molar-refractivity contribution in [3.05, 3.63) is 96.8 Å². The van der Waals surface area contributed by atoms with Gasteiger partial charge < -0.3 is 10.6 Å². The number of anilines is 1. The first-order valence-electron chi connectivity index (χ1n) is 9.53. The van der Waals surface area contributed by atoms with Crippen LogP contribution in [-0.2, 0) is 9.59 Å². The molecule has 3 aromatic carbocycles. The lowest BCUT2D eigenvalue weighted by molar-refractivity contribution is -0.121. The summed E-state index contributed by atoms with van der Waals surface area (Å²) in [4.78, 5) is 24.2. The average Bonchev–Trinajstić information content (AvgIpc) is 3.32. The van der Waals surface area contributed by atoms with Crippen LogP contribution in [0.1, 0.15) is 5.56 Å². The summed E-state index contributed by atoms with van der Waals surface area (Å²) in [5.74, 6) is -0.624. The largest absolute Gasteiger partial charge is 0.343 e. The van der Waals surface area contributed by atoms with Crippen LogP contribution in [0, 0.1) is 0 Å². The highest BCUT2D eigenvalue weighted by molar-refractivity contribution is 5.99. The Hall–Kier alpha value is -4.19. The Morgan fingerprint density at radius 3 is 2.53 bits per heavy atom. The second-order valence-corrected chi connectivity index (χ2v) is 6.67. The number of hydrogen-bond donors (Lipinski definition) is 2. The van der Waals surface area contributed by atoms with Crippen molar-refractivity contribution in [3.8, 4) is 5.69 Å². The molecule has 0 radical (unpaired) electrons. The molecule has 0 aliphatic carbocycles. The summed E-state index contributed by atoms with van der Waals surface area (Å²) in [7, 11) is 0. The zero-order valence-corrected chi connectivity index (χ0v) is 16.2. The summed E-state index contributed by atoms with van der Waals surface area (Å²) in [5.41, 5.74) is 2.49. The Morgan fingerprint density at radius 1 is 0.933 bits per heavy atom. The average molecular weight is 396 g/mol. The Labute approximate surface area is 173 Å². The van der Waals surface area contributed by atoms with Gasteiger partial charge in [-0.2, -0.15) is 5.10 Å². The molecule has 30 heavy (non-hydrogen) atoms. The van der Waals surface area contributed by atoms with E-state index in [4.69, 9.17) is 0 Å². The van der Waals surface area contributed by atoms with Gasteiger partial charge in [-0.1, -0.05) is 42.5 Å². The van der Waals surface area contributed by atoms with Crippen molar-refractivity contribution < 1.29 is 9.59 Å². The number of fused-ring (bicyclic) bond motifs is 1. The number of amides is 2. The van der Waals surface area contributed by atoms with E-state index in [1.807, 2.05) is 66.9 Å². The third-order valence-corrected chi connectivity index (χ3v) is 4.58. The van der Waals surface area contributed by atoms with Crippen molar-refractivity contribution in [1.82, 2.24) is 15.1 Å². The zero-order valence-electron chi connectivity index (χ0n) is 16.2. The molecule has 0 unspecified atom stereocenters. The fourth-order valence-corrected chi connectivity index (χ4v) is 3.11. The highest BCUT2D eigenvalue weighted by atomic mass is 16.2. The minimum absolute atomic E-state index is 0.111. The van der Waals surface area contributed by atoms with Crippen LogP contribution in [0.3, 0.4) is 0 Å². The molecule has 4 aromatic rings. The van der Waals surface area contributed by atoms with Crippen LogP contribution >= 0.6 is 0 Å². The van der Waals surface area contributed by atoms with Crippen LogP contribution in [0.25, 0.3) is 22.5 Å². The molecule has 2 N–H and O–H groups in total. The maximum Gasteiger partial charge on any atom is 0.244 e. The third kappa shape index (κ3) is 4.62. The van der Waals surface area contributed by atoms with Gasteiger partial charge in [0.1, 0.15) is 0 Å². The van der Waals surface area contributed by atoms with E-state index < -0.39 is 0 Å². The number of carbonyl (C=O) groups is 2. The van der Waals surface area contributed by atoms with Gasteiger partial charge >= 0.3 is 0 Å². The van der Waals surface area contributed by atoms with Gasteiger partial charge in [-0.3, -0.25) is 9.59 Å². The predicted molar refractivity (Wildman–Crippen MR) is 118 cm³/mol. The lowest BCUT2D eigenvalue weighted by Crippen LogP contribution is -2.31. The van der Waals surface area contributed by atoms with E-state index in [-0.39, 0.29) is 18.4 Å². The molecule has 0 saturated carbocycles. The van der Waals surface area contributed by atoms with Crippen molar-refractivity contribution in [2.24, 2.45) is 0 Å². The first-order valence-corrected chi connectivity index (χ1v) is 9.53. The van der Waals surface area contributed by atoms with Crippen molar-refractivity contribution >= 4 is 34.4 Å². The molecule has 0 fully saturated rings. The molecular formula is C24H20N4O2. The molecule has 0 bridgehead atoms. The summed E-state index contributed by atoms with van der Waals surface area (Å²) < 4.78 is 1.73. The SMILES string of the molecule is O=C(/C=C/c1cccc2ccccc12)NCC(=O)Nc1ccc(-n2cccn2)cc1. The van der Waals surface area contributed by atoms with E-state index in [1.54, 1.807) is 29.1 Å². The van der Waals surface area contributed by atoms with Crippen LogP contribution < -0.4 is 10.6 Å². The zero-order chi connectivity index (χ0) is 20.8. The van der Waals surface area contributed by atoms with Gasteiger partial charge in [-0.25, -0.2) is 4.68 Å². The monoisotopic (exact) mass is 396 g/mol. The highest BCUT2D eigenvalue weighted by Crippen LogP contribution is 2.19. The van der Waals surface area contributed by atoms with E-state index in [0.29, 0.717) is 5.69 Å². The molecule has 1 aromatic heterocycles. The number of aromatic nitrogens is 2. The van der Waals surface area contributed by atoms with Gasteiger partial charge in [0, 0.05) is 24.2 Å². The summed E-state index contributed by atoms with van der Waals surface area (Å²) in [6, 6.07) is 23.0. The molecule has 4 rings (SSSR count). The number of nitrogens with zero attached hydrogens (tertiary/aromatic N) is 2. The second-order valence-electron chi connectivity index (χ2n) is 6.67. The summed E-state index contributed by atoms with van der Waals surface area (Å²) in [6.07, 6.45) is 6.74. The molecule has 6 nitrogen and oxygen atoms in total. The van der Waals surface area contributed by atoms with Crippen LogP contribution in [0.5, 0.6) is 0 Å². The van der Waals surface area contributed by atoms with E-state index in [9.17, 15) is 9.59 Å². The van der Waals surface area contributed by atoms with Crippen LogP contribution in [-0.4, -0.2) is 28.1 Å². The molecule has 0 spiro atoms. The van der Waals surface area contributed by atoms with E-state index >= 15 is 0 Å². The topological polar surface area (TPSA) is 76.0 Å². The lowest BCUT2D eigenvalue weighted by atomic mass is 10.0. The Balaban J connectivity index is 1.30. The molecule has 0 aliphatic heterocycles. The van der Waals surface area contributed by atoms with E-state index in [1.165, 1.54) is 6.08 Å². The van der Waals surface area contributed by atoms with Crippen LogP contribution in [0.4, 0.5) is 5.69 Å². The van der Waals surface area contributed by atoms with Crippen LogP contribution in [0.15, 0.2) is 91.3 Å². The van der Waals surface area contributed by atoms with Crippen molar-refractivity contribution in [2.75, 3.05) is 11.9 Å². The number of benzene rings is 3. The Kier molecular flexibility index (Phi) is 5.66. The lowest BCUT2D eigenvalue weighted by Gasteiger charge is -2.07. The number of carbonyl (C=O) groups excluding carboxylic acids is 2. The normalized spacial score (nSPS) is 10.9. The minimum atomic E-state index is -0.327. The Morgan fingerprint density at radius 2 is 1.73 bits per heavy atom. The van der Waals surface area contributed by atoms with Gasteiger partial charge in [0.15, 0.2) is 0 Å². The fraction of sp³-hybridized carbons (Fsp3) is 0.0417. The molecule has 0 atom stereocenters. The number of hydrogen-bond acceptors (Lipinski definition) is 3. The van der Waals surface area contributed by atoms with Gasteiger partial charge in [0.05, 0.1) is 12.2 Å². The summed E-state index contributed by atoms with van der Waals surface area (Å²) in [5, 5.41) is 11.7. The molecule has 6 heteroatoms. The maximum absolute atomic E-state index is 12.1. The number of rotatable bonds is 6. The number of nitrogens with one attached hydrogen (secondary N) is 2. The minimum Gasteiger partial charge on any atom is -0.343 e. The van der Waals surface area contributed by atoms with Crippen molar-refractivity contribution in [1.29, 1.82) is 0 Å². The maximum atomic E-state index is 12.1. The second kappa shape index (κ2) is 8.87. The molecule has 0 aliphatic rings. The predicted octanol–water partition coefficient (Wildman–Crippen LogP) is 3.79. The molecular weight excluding hydrogens is 376 g/mol. The fourth-order valence-electron chi connectivity index (χ4n) is 3.11. The standard InChI is InChI=1S/C24H20N4O2/c29-23(14-9-19-7-3-6-18-5-1-2-8-22(18)19)25-17-24(30)27-20-10-12-21(13-11-20)28-16-4-15-26-28/h1-16H,17H2,(H,25,29)(H,27,30)/b14-9+. The summed E-state index contributed by atoms with van der Waals surface area (Å²) >= 11 is 0. The van der Waals surface area contributed by atoms with Gasteiger partial charge in [-0.05, 0) is 52.7 Å². The van der Waals surface area contributed by atoms with Crippen molar-refractivity contribution in [2.45, 2.75) is 0 Å². The molecule has 0 saturated heterocycles. The quantitative estimate of drug-likeness (QED) is 0.487. The van der Waals surface area contributed by atoms with Crippen LogP contribution in [0.2, 0.25) is 0 Å². The smallest absolute Gasteiger partial charge is 0.244 e. The first kappa shape index (κ1) is 19.1. The third-order valence-electron chi connectivity index (χ3n) is 4.58. The van der Waals surface area contributed by atoms with Gasteiger partial charge in [-0.15, -0.1) is 0 Å². The Bertz CT molecular complexity index is 1190. The van der Waals surface area contributed by atoms with Crippen molar-refractivity contribution in [3.63, 3.8) is 0 Å². The highest BCUT2D eigenvalue weighted by Gasteiger charge is 2.05. The molecule has 1 heterocycles. The van der Waals surface area contributed by atoms with Gasteiger partial charge in [0.25, 0.3) is 0 Å². The molecule has 148 valence electrons. The van der Waals surface area contributed by atoms with E-state index in [0.717, 1.165) is 22.0 Å².